The summed E-state index contributed by atoms with van der Waals surface area (Å²) in [4.78, 5) is 24.5. The Hall–Kier alpha value is -1.06. The quantitative estimate of drug-likeness (QED) is 0.772. The second-order valence-corrected chi connectivity index (χ2v) is 4.39. The van der Waals surface area contributed by atoms with E-state index in [4.69, 9.17) is 5.11 Å². The van der Waals surface area contributed by atoms with Crippen LogP contribution in [0.15, 0.2) is 0 Å². The molecular weight excluding hydrogens is 194 g/mol. The van der Waals surface area contributed by atoms with Crippen molar-refractivity contribution in [2.75, 3.05) is 0 Å². The zero-order valence-corrected chi connectivity index (χ0v) is 9.56. The van der Waals surface area contributed by atoms with Gasteiger partial charge in [0.25, 0.3) is 0 Å². The predicted octanol–water partition coefficient (Wildman–Crippen LogP) is 1.50. The molecule has 0 spiro atoms. The summed E-state index contributed by atoms with van der Waals surface area (Å²) in [6, 6.07) is -0.495. The summed E-state index contributed by atoms with van der Waals surface area (Å²) in [5, 5.41) is 9.03. The fraction of sp³-hybridized carbons (Fsp3) is 0.818. The van der Waals surface area contributed by atoms with Gasteiger partial charge in [-0.15, -0.1) is 0 Å². The van der Waals surface area contributed by atoms with E-state index >= 15 is 0 Å². The molecule has 1 fully saturated rings. The molecule has 1 saturated heterocycles. The summed E-state index contributed by atoms with van der Waals surface area (Å²) >= 11 is 0. The molecule has 0 saturated carbocycles. The van der Waals surface area contributed by atoms with Crippen molar-refractivity contribution in [2.24, 2.45) is 5.92 Å². The highest BCUT2D eigenvalue weighted by atomic mass is 16.4. The second-order valence-electron chi connectivity index (χ2n) is 4.39. The third-order valence-electron chi connectivity index (χ3n) is 3.01. The number of carbonyl (C=O) groups excluding carboxylic acids is 1. The lowest BCUT2D eigenvalue weighted by molar-refractivity contribution is -0.151. The maximum atomic E-state index is 11.9. The molecule has 15 heavy (non-hydrogen) atoms. The number of carboxylic acid groups (broad SMARTS) is 1. The van der Waals surface area contributed by atoms with Gasteiger partial charge >= 0.3 is 5.97 Å². The van der Waals surface area contributed by atoms with Crippen LogP contribution < -0.4 is 0 Å². The number of aliphatic carboxylic acids is 1. The standard InChI is InChI=1S/C11H19NO3/c1-4-8-5-6-9(11(14)15)12(8)10(13)7(2)3/h7-9H,4-6H2,1-3H3,(H,14,15)/t8-,9-/m0/s1. The molecule has 2 atom stereocenters. The maximum Gasteiger partial charge on any atom is 0.326 e. The topological polar surface area (TPSA) is 57.6 Å². The lowest BCUT2D eigenvalue weighted by Gasteiger charge is -2.29. The van der Waals surface area contributed by atoms with Gasteiger partial charge < -0.3 is 10.0 Å². The van der Waals surface area contributed by atoms with Crippen molar-refractivity contribution in [3.63, 3.8) is 0 Å². The first-order chi connectivity index (χ1) is 6.99. The van der Waals surface area contributed by atoms with E-state index in [1.165, 1.54) is 0 Å². The molecule has 0 radical (unpaired) electrons. The van der Waals surface area contributed by atoms with E-state index in [1.807, 2.05) is 20.8 Å². The summed E-state index contributed by atoms with van der Waals surface area (Å²) < 4.78 is 0. The zero-order chi connectivity index (χ0) is 11.6. The van der Waals surface area contributed by atoms with E-state index in [0.29, 0.717) is 6.42 Å². The molecule has 1 heterocycles. The Morgan fingerprint density at radius 2 is 2.00 bits per heavy atom. The minimum atomic E-state index is -0.875. The van der Waals surface area contributed by atoms with Crippen LogP contribution in [0.4, 0.5) is 0 Å². The number of carbonyl (C=O) groups is 2. The Morgan fingerprint density at radius 3 is 2.40 bits per heavy atom. The van der Waals surface area contributed by atoms with Crippen molar-refractivity contribution in [3.8, 4) is 0 Å². The Morgan fingerprint density at radius 1 is 1.40 bits per heavy atom. The smallest absolute Gasteiger partial charge is 0.326 e. The molecule has 0 aromatic carbocycles. The van der Waals surface area contributed by atoms with Crippen molar-refractivity contribution >= 4 is 11.9 Å². The minimum absolute atomic E-state index is 0.0354. The van der Waals surface area contributed by atoms with Crippen LogP contribution in [0.1, 0.15) is 40.0 Å². The Balaban J connectivity index is 2.86. The Labute approximate surface area is 90.3 Å². The molecule has 0 aliphatic carbocycles. The van der Waals surface area contributed by atoms with Gasteiger partial charge in [0.2, 0.25) is 5.91 Å². The number of hydrogen-bond acceptors (Lipinski definition) is 2. The van der Waals surface area contributed by atoms with Crippen LogP contribution in [-0.4, -0.2) is 34.0 Å². The van der Waals surface area contributed by atoms with E-state index in [9.17, 15) is 9.59 Å². The number of carboxylic acids is 1. The average Bonchev–Trinajstić information content (AvgIpc) is 2.59. The van der Waals surface area contributed by atoms with Crippen LogP contribution in [0.25, 0.3) is 0 Å². The summed E-state index contributed by atoms with van der Waals surface area (Å²) in [7, 11) is 0. The highest BCUT2D eigenvalue weighted by Crippen LogP contribution is 2.28. The lowest BCUT2D eigenvalue weighted by Crippen LogP contribution is -2.46. The van der Waals surface area contributed by atoms with Crippen LogP contribution in [0.3, 0.4) is 0 Å². The molecule has 4 heteroatoms. The maximum absolute atomic E-state index is 11.9. The summed E-state index contributed by atoms with van der Waals surface area (Å²) in [5.74, 6) is -1.04. The number of nitrogens with zero attached hydrogens (tertiary/aromatic N) is 1. The first-order valence-corrected chi connectivity index (χ1v) is 5.54. The fourth-order valence-electron chi connectivity index (χ4n) is 2.16. The molecule has 1 amide bonds. The van der Waals surface area contributed by atoms with Gasteiger partial charge in [0.15, 0.2) is 0 Å². The van der Waals surface area contributed by atoms with E-state index in [-0.39, 0.29) is 17.9 Å². The van der Waals surface area contributed by atoms with Gasteiger partial charge in [0.05, 0.1) is 0 Å². The Bertz CT molecular complexity index is 263. The van der Waals surface area contributed by atoms with Crippen molar-refractivity contribution in [1.82, 2.24) is 4.90 Å². The average molecular weight is 213 g/mol. The molecular formula is C11H19NO3. The molecule has 4 nitrogen and oxygen atoms in total. The van der Waals surface area contributed by atoms with E-state index in [2.05, 4.69) is 0 Å². The first-order valence-electron chi connectivity index (χ1n) is 5.54. The van der Waals surface area contributed by atoms with Crippen LogP contribution in [0, 0.1) is 5.92 Å². The molecule has 1 rings (SSSR count). The fourth-order valence-corrected chi connectivity index (χ4v) is 2.16. The van der Waals surface area contributed by atoms with Crippen molar-refractivity contribution in [3.05, 3.63) is 0 Å². The van der Waals surface area contributed by atoms with Gasteiger partial charge in [-0.25, -0.2) is 4.79 Å². The van der Waals surface area contributed by atoms with E-state index in [0.717, 1.165) is 12.8 Å². The highest BCUT2D eigenvalue weighted by molar-refractivity contribution is 5.85. The number of rotatable bonds is 3. The molecule has 1 aliphatic heterocycles. The van der Waals surface area contributed by atoms with Crippen molar-refractivity contribution in [1.29, 1.82) is 0 Å². The van der Waals surface area contributed by atoms with E-state index < -0.39 is 12.0 Å². The van der Waals surface area contributed by atoms with Crippen LogP contribution in [-0.2, 0) is 9.59 Å². The predicted molar refractivity (Wildman–Crippen MR) is 56.4 cm³/mol. The Kier molecular flexibility index (Phi) is 3.72. The van der Waals surface area contributed by atoms with Gasteiger partial charge in [-0.2, -0.15) is 0 Å². The molecule has 1 aliphatic rings. The van der Waals surface area contributed by atoms with Crippen molar-refractivity contribution < 1.29 is 14.7 Å². The van der Waals surface area contributed by atoms with Crippen LogP contribution in [0.2, 0.25) is 0 Å². The number of likely N-dealkylation sites (tertiary alicyclic amines) is 1. The van der Waals surface area contributed by atoms with Gasteiger partial charge in [-0.1, -0.05) is 20.8 Å². The molecule has 0 aromatic heterocycles. The molecule has 1 N–H and O–H groups in total. The molecule has 0 aromatic rings. The third kappa shape index (κ3) is 2.30. The normalized spacial score (nSPS) is 26.0. The van der Waals surface area contributed by atoms with Gasteiger partial charge in [0, 0.05) is 12.0 Å². The van der Waals surface area contributed by atoms with Gasteiger partial charge in [-0.05, 0) is 19.3 Å². The van der Waals surface area contributed by atoms with Crippen LogP contribution >= 0.6 is 0 Å². The minimum Gasteiger partial charge on any atom is -0.480 e. The van der Waals surface area contributed by atoms with Gasteiger partial charge in [0.1, 0.15) is 6.04 Å². The second kappa shape index (κ2) is 4.64. The zero-order valence-electron chi connectivity index (χ0n) is 9.56. The number of amides is 1. The molecule has 86 valence electrons. The summed E-state index contributed by atoms with van der Waals surface area (Å²) in [5.41, 5.74) is 0. The van der Waals surface area contributed by atoms with E-state index in [1.54, 1.807) is 4.90 Å². The van der Waals surface area contributed by atoms with Gasteiger partial charge in [-0.3, -0.25) is 4.79 Å². The third-order valence-corrected chi connectivity index (χ3v) is 3.01. The monoisotopic (exact) mass is 213 g/mol. The summed E-state index contributed by atoms with van der Waals surface area (Å²) in [6.07, 6.45) is 2.24. The highest BCUT2D eigenvalue weighted by Gasteiger charge is 2.40. The lowest BCUT2D eigenvalue weighted by atomic mass is 10.1. The van der Waals surface area contributed by atoms with Crippen LogP contribution in [0.5, 0.6) is 0 Å². The number of hydrogen-bond donors (Lipinski definition) is 1. The van der Waals surface area contributed by atoms with Crippen molar-refractivity contribution in [2.45, 2.75) is 52.1 Å². The molecule has 0 unspecified atom stereocenters. The summed E-state index contributed by atoms with van der Waals surface area (Å²) in [6.45, 7) is 5.62. The largest absolute Gasteiger partial charge is 0.480 e. The first kappa shape index (κ1) is 12.0. The SMILES string of the molecule is CC[C@H]1CC[C@@H](C(=O)O)N1C(=O)C(C)C. The molecule has 0 bridgehead atoms.